The van der Waals surface area contributed by atoms with Crippen molar-refractivity contribution < 1.29 is 4.42 Å². The lowest BCUT2D eigenvalue weighted by atomic mass is 10.2. The molecule has 2 aromatic rings. The standard InChI is InChI=1S/C13H18N2O/c1-10-7-12(11(2)15(10)3)8-14-9-13-5-4-6-16-13/h4-7,14H,8-9H2,1-3H3. The van der Waals surface area contributed by atoms with Gasteiger partial charge in [-0.2, -0.15) is 0 Å². The van der Waals surface area contributed by atoms with E-state index >= 15 is 0 Å². The van der Waals surface area contributed by atoms with Crippen LogP contribution in [0.15, 0.2) is 28.9 Å². The van der Waals surface area contributed by atoms with Crippen LogP contribution >= 0.6 is 0 Å². The van der Waals surface area contributed by atoms with Crippen molar-refractivity contribution in [2.75, 3.05) is 0 Å². The summed E-state index contributed by atoms with van der Waals surface area (Å²) in [6.07, 6.45) is 1.70. The summed E-state index contributed by atoms with van der Waals surface area (Å²) in [5, 5.41) is 3.38. The lowest BCUT2D eigenvalue weighted by molar-refractivity contribution is 0.482. The fourth-order valence-corrected chi connectivity index (χ4v) is 1.85. The molecule has 86 valence electrons. The summed E-state index contributed by atoms with van der Waals surface area (Å²) < 4.78 is 7.48. The highest BCUT2D eigenvalue weighted by molar-refractivity contribution is 5.26. The summed E-state index contributed by atoms with van der Waals surface area (Å²) in [5.41, 5.74) is 3.98. The Labute approximate surface area is 96.1 Å². The SMILES string of the molecule is Cc1cc(CNCc2ccco2)c(C)n1C. The van der Waals surface area contributed by atoms with Gasteiger partial charge in [-0.05, 0) is 37.6 Å². The van der Waals surface area contributed by atoms with Crippen LogP contribution in [-0.4, -0.2) is 4.57 Å². The monoisotopic (exact) mass is 218 g/mol. The van der Waals surface area contributed by atoms with E-state index in [0.29, 0.717) is 0 Å². The normalized spacial score (nSPS) is 10.9. The first-order valence-electron chi connectivity index (χ1n) is 5.53. The smallest absolute Gasteiger partial charge is 0.117 e. The van der Waals surface area contributed by atoms with Gasteiger partial charge in [0.15, 0.2) is 0 Å². The molecule has 0 fully saturated rings. The van der Waals surface area contributed by atoms with E-state index in [1.54, 1.807) is 6.26 Å². The number of aryl methyl sites for hydroxylation is 1. The van der Waals surface area contributed by atoms with E-state index in [4.69, 9.17) is 4.42 Å². The molecule has 3 nitrogen and oxygen atoms in total. The third-order valence-corrected chi connectivity index (χ3v) is 3.07. The summed E-state index contributed by atoms with van der Waals surface area (Å²) in [4.78, 5) is 0. The minimum Gasteiger partial charge on any atom is -0.468 e. The largest absolute Gasteiger partial charge is 0.468 e. The van der Waals surface area contributed by atoms with Crippen LogP contribution in [0.3, 0.4) is 0 Å². The number of rotatable bonds is 4. The molecular weight excluding hydrogens is 200 g/mol. The second kappa shape index (κ2) is 4.58. The van der Waals surface area contributed by atoms with Crippen molar-refractivity contribution in [3.63, 3.8) is 0 Å². The van der Waals surface area contributed by atoms with Crippen LogP contribution < -0.4 is 5.32 Å². The highest BCUT2D eigenvalue weighted by atomic mass is 16.3. The summed E-state index contributed by atoms with van der Waals surface area (Å²) >= 11 is 0. The Morgan fingerprint density at radius 3 is 2.69 bits per heavy atom. The van der Waals surface area contributed by atoms with Gasteiger partial charge in [-0.25, -0.2) is 0 Å². The third-order valence-electron chi connectivity index (χ3n) is 3.07. The number of hydrogen-bond donors (Lipinski definition) is 1. The van der Waals surface area contributed by atoms with Gasteiger partial charge in [0.1, 0.15) is 5.76 Å². The van der Waals surface area contributed by atoms with Gasteiger partial charge >= 0.3 is 0 Å². The number of hydrogen-bond acceptors (Lipinski definition) is 2. The number of nitrogens with one attached hydrogen (secondary N) is 1. The van der Waals surface area contributed by atoms with Crippen LogP contribution in [0, 0.1) is 13.8 Å². The van der Waals surface area contributed by atoms with E-state index in [9.17, 15) is 0 Å². The summed E-state index contributed by atoms with van der Waals surface area (Å²) in [7, 11) is 2.10. The van der Waals surface area contributed by atoms with E-state index in [1.807, 2.05) is 12.1 Å². The Kier molecular flexibility index (Phi) is 3.15. The number of nitrogens with zero attached hydrogens (tertiary/aromatic N) is 1. The molecule has 1 N–H and O–H groups in total. The quantitative estimate of drug-likeness (QED) is 0.854. The average Bonchev–Trinajstić information content (AvgIpc) is 2.85. The Morgan fingerprint density at radius 1 is 1.31 bits per heavy atom. The maximum Gasteiger partial charge on any atom is 0.117 e. The second-order valence-electron chi connectivity index (χ2n) is 4.14. The molecule has 0 aromatic carbocycles. The van der Waals surface area contributed by atoms with Gasteiger partial charge < -0.3 is 14.3 Å². The molecule has 0 saturated heterocycles. The number of aromatic nitrogens is 1. The molecule has 0 radical (unpaired) electrons. The van der Waals surface area contributed by atoms with E-state index in [1.165, 1.54) is 17.0 Å². The molecule has 3 heteroatoms. The first-order valence-corrected chi connectivity index (χ1v) is 5.53. The Balaban J connectivity index is 1.92. The topological polar surface area (TPSA) is 30.1 Å². The molecule has 0 aliphatic carbocycles. The van der Waals surface area contributed by atoms with Crippen molar-refractivity contribution >= 4 is 0 Å². The van der Waals surface area contributed by atoms with Crippen molar-refractivity contribution in [2.45, 2.75) is 26.9 Å². The summed E-state index contributed by atoms with van der Waals surface area (Å²) in [6, 6.07) is 6.12. The van der Waals surface area contributed by atoms with Crippen LogP contribution in [0.2, 0.25) is 0 Å². The van der Waals surface area contributed by atoms with Crippen molar-refractivity contribution in [2.24, 2.45) is 7.05 Å². The van der Waals surface area contributed by atoms with Gasteiger partial charge in [-0.1, -0.05) is 0 Å². The van der Waals surface area contributed by atoms with Gasteiger partial charge in [0.2, 0.25) is 0 Å². The predicted octanol–water partition coefficient (Wildman–Crippen LogP) is 2.52. The van der Waals surface area contributed by atoms with Crippen LogP contribution in [-0.2, 0) is 20.1 Å². The van der Waals surface area contributed by atoms with Crippen molar-refractivity contribution in [1.82, 2.24) is 9.88 Å². The summed E-state index contributed by atoms with van der Waals surface area (Å²) in [6.45, 7) is 5.94. The van der Waals surface area contributed by atoms with E-state index in [2.05, 4.69) is 36.8 Å². The highest BCUT2D eigenvalue weighted by Gasteiger charge is 2.05. The second-order valence-corrected chi connectivity index (χ2v) is 4.14. The molecule has 0 aliphatic heterocycles. The highest BCUT2D eigenvalue weighted by Crippen LogP contribution is 2.13. The molecule has 0 unspecified atom stereocenters. The van der Waals surface area contributed by atoms with Gasteiger partial charge in [0.25, 0.3) is 0 Å². The minimum atomic E-state index is 0.778. The molecule has 0 bridgehead atoms. The fraction of sp³-hybridized carbons (Fsp3) is 0.385. The molecule has 0 atom stereocenters. The van der Waals surface area contributed by atoms with Crippen LogP contribution in [0.5, 0.6) is 0 Å². The molecule has 0 amide bonds. The molecule has 0 aliphatic rings. The molecule has 2 rings (SSSR count). The third kappa shape index (κ3) is 2.19. The summed E-state index contributed by atoms with van der Waals surface area (Å²) in [5.74, 6) is 0.977. The molecule has 16 heavy (non-hydrogen) atoms. The van der Waals surface area contributed by atoms with E-state index < -0.39 is 0 Å². The average molecular weight is 218 g/mol. The van der Waals surface area contributed by atoms with Gasteiger partial charge in [-0.15, -0.1) is 0 Å². The Morgan fingerprint density at radius 2 is 2.12 bits per heavy atom. The first-order chi connectivity index (χ1) is 7.68. The zero-order chi connectivity index (χ0) is 11.5. The van der Waals surface area contributed by atoms with Gasteiger partial charge in [0.05, 0.1) is 12.8 Å². The van der Waals surface area contributed by atoms with E-state index in [-0.39, 0.29) is 0 Å². The Hall–Kier alpha value is -1.48. The zero-order valence-corrected chi connectivity index (χ0v) is 10.1. The molecular formula is C13H18N2O. The van der Waals surface area contributed by atoms with E-state index in [0.717, 1.165) is 18.8 Å². The van der Waals surface area contributed by atoms with Crippen LogP contribution in [0.25, 0.3) is 0 Å². The Bertz CT molecular complexity index is 454. The number of furan rings is 1. The van der Waals surface area contributed by atoms with Crippen molar-refractivity contribution in [1.29, 1.82) is 0 Å². The van der Waals surface area contributed by atoms with Crippen molar-refractivity contribution in [3.8, 4) is 0 Å². The lowest BCUT2D eigenvalue weighted by Crippen LogP contribution is -2.12. The van der Waals surface area contributed by atoms with Crippen molar-refractivity contribution in [3.05, 3.63) is 47.2 Å². The zero-order valence-electron chi connectivity index (χ0n) is 10.1. The maximum absolute atomic E-state index is 5.26. The maximum atomic E-state index is 5.26. The molecule has 0 saturated carbocycles. The fourth-order valence-electron chi connectivity index (χ4n) is 1.85. The molecule has 0 spiro atoms. The molecule has 2 aromatic heterocycles. The molecule has 2 heterocycles. The van der Waals surface area contributed by atoms with Gasteiger partial charge in [-0.3, -0.25) is 0 Å². The first kappa shape index (κ1) is 11.0. The minimum absolute atomic E-state index is 0.778. The predicted molar refractivity (Wildman–Crippen MR) is 64.1 cm³/mol. The van der Waals surface area contributed by atoms with Crippen LogP contribution in [0.1, 0.15) is 22.7 Å². The van der Waals surface area contributed by atoms with Crippen LogP contribution in [0.4, 0.5) is 0 Å². The lowest BCUT2D eigenvalue weighted by Gasteiger charge is -2.03. The van der Waals surface area contributed by atoms with Gasteiger partial charge in [0, 0.05) is 25.0 Å².